The van der Waals surface area contributed by atoms with E-state index in [1.807, 2.05) is 30.9 Å². The molecule has 0 bridgehead atoms. The molecule has 0 unspecified atom stereocenters. The van der Waals surface area contributed by atoms with Gasteiger partial charge in [-0.1, -0.05) is 19.4 Å². The van der Waals surface area contributed by atoms with E-state index >= 15 is 0 Å². The third kappa shape index (κ3) is 2.54. The van der Waals surface area contributed by atoms with Crippen LogP contribution in [0.15, 0.2) is 23.3 Å². The van der Waals surface area contributed by atoms with Crippen molar-refractivity contribution in [1.29, 1.82) is 0 Å². The van der Waals surface area contributed by atoms with Crippen LogP contribution in [0, 0.1) is 13.8 Å². The van der Waals surface area contributed by atoms with Crippen molar-refractivity contribution < 1.29 is 5.11 Å². The number of phenols is 1. The van der Waals surface area contributed by atoms with Gasteiger partial charge < -0.3 is 19.9 Å². The number of phenolic OH excluding ortho intramolecular Hbond substituents is 1. The first kappa shape index (κ1) is 15.4. The van der Waals surface area contributed by atoms with Crippen molar-refractivity contribution in [1.82, 2.24) is 9.97 Å². The number of H-pyrrole nitrogens is 1. The van der Waals surface area contributed by atoms with Gasteiger partial charge in [-0.05, 0) is 31.9 Å². The van der Waals surface area contributed by atoms with Crippen molar-refractivity contribution in [2.75, 3.05) is 23.0 Å². The lowest BCUT2D eigenvalue weighted by Crippen LogP contribution is -2.31. The predicted molar refractivity (Wildman–Crippen MR) is 91.7 cm³/mol. The summed E-state index contributed by atoms with van der Waals surface area (Å²) in [6.07, 6.45) is 3.51. The second kappa shape index (κ2) is 5.95. The zero-order valence-electron chi connectivity index (χ0n) is 13.8. The summed E-state index contributed by atoms with van der Waals surface area (Å²) in [5.41, 5.74) is 3.01. The quantitative estimate of drug-likeness (QED) is 0.908. The second-order valence-corrected chi connectivity index (χ2v) is 5.97. The number of aromatic amines is 1. The second-order valence-electron chi connectivity index (χ2n) is 5.97. The minimum Gasteiger partial charge on any atom is -0.507 e. The lowest BCUT2D eigenvalue weighted by atomic mass is 10.1. The zero-order valence-corrected chi connectivity index (χ0v) is 13.8. The van der Waals surface area contributed by atoms with E-state index in [1.165, 1.54) is 6.33 Å². The Balaban J connectivity index is 2.08. The van der Waals surface area contributed by atoms with Gasteiger partial charge in [-0.25, -0.2) is 4.98 Å². The molecule has 0 atom stereocenters. The molecule has 1 aromatic carbocycles. The Labute approximate surface area is 135 Å². The van der Waals surface area contributed by atoms with Crippen molar-refractivity contribution in [3.05, 3.63) is 39.9 Å². The highest BCUT2D eigenvalue weighted by Gasteiger charge is 2.31. The van der Waals surface area contributed by atoms with E-state index in [1.54, 1.807) is 0 Å². The van der Waals surface area contributed by atoms with E-state index in [9.17, 15) is 9.90 Å². The molecule has 2 aromatic rings. The van der Waals surface area contributed by atoms with Gasteiger partial charge in [0.2, 0.25) is 0 Å². The third-order valence-electron chi connectivity index (χ3n) is 4.37. The Hall–Kier alpha value is -2.50. The minimum atomic E-state index is -0.123. The van der Waals surface area contributed by atoms with Crippen LogP contribution in [0.1, 0.15) is 30.9 Å². The molecule has 0 spiro atoms. The van der Waals surface area contributed by atoms with Gasteiger partial charge in [0.25, 0.3) is 5.56 Å². The smallest absolute Gasteiger partial charge is 0.276 e. The molecule has 1 aliphatic rings. The molecule has 23 heavy (non-hydrogen) atoms. The molecule has 0 fully saturated rings. The van der Waals surface area contributed by atoms with Crippen LogP contribution in [0.2, 0.25) is 0 Å². The summed E-state index contributed by atoms with van der Waals surface area (Å²) in [5, 5.41) is 10.2. The number of aromatic hydroxyl groups is 1. The number of rotatable bonds is 4. The standard InChI is InChI=1S/C17H22N4O2/c1-4-5-8-20-10-21(16-14(20)17(23)19-9-18-16)13-7-6-11(2)15(22)12(13)3/h6-7,9,22H,4-5,8,10H2,1-3H3,(H,18,19,23). The van der Waals surface area contributed by atoms with E-state index < -0.39 is 0 Å². The molecule has 0 amide bonds. The fourth-order valence-electron chi connectivity index (χ4n) is 3.01. The maximum absolute atomic E-state index is 12.3. The Morgan fingerprint density at radius 3 is 2.87 bits per heavy atom. The number of hydrogen-bond donors (Lipinski definition) is 2. The molecule has 6 nitrogen and oxygen atoms in total. The van der Waals surface area contributed by atoms with Gasteiger partial charge >= 0.3 is 0 Å². The Morgan fingerprint density at radius 1 is 1.35 bits per heavy atom. The molecular formula is C17H22N4O2. The summed E-state index contributed by atoms with van der Waals surface area (Å²) in [7, 11) is 0. The number of fused-ring (bicyclic) bond motifs is 1. The minimum absolute atomic E-state index is 0.123. The average molecular weight is 314 g/mol. The SMILES string of the molecule is CCCCN1CN(c2ccc(C)c(O)c2C)c2nc[nH]c(=O)c21. The number of nitrogens with one attached hydrogen (secondary N) is 1. The van der Waals surface area contributed by atoms with E-state index in [4.69, 9.17) is 0 Å². The largest absolute Gasteiger partial charge is 0.507 e. The molecule has 2 N–H and O–H groups in total. The third-order valence-corrected chi connectivity index (χ3v) is 4.37. The molecule has 0 aliphatic carbocycles. The van der Waals surface area contributed by atoms with Crippen LogP contribution in [0.25, 0.3) is 0 Å². The molecule has 1 aliphatic heterocycles. The Bertz CT molecular complexity index is 785. The van der Waals surface area contributed by atoms with Gasteiger partial charge in [-0.3, -0.25) is 4.79 Å². The fraction of sp³-hybridized carbons (Fsp3) is 0.412. The molecule has 122 valence electrons. The van der Waals surface area contributed by atoms with Gasteiger partial charge in [0.15, 0.2) is 5.82 Å². The summed E-state index contributed by atoms with van der Waals surface area (Å²) in [6, 6.07) is 3.86. The van der Waals surface area contributed by atoms with E-state index in [0.29, 0.717) is 23.9 Å². The topological polar surface area (TPSA) is 72.5 Å². The average Bonchev–Trinajstić information content (AvgIpc) is 2.91. The molecule has 3 rings (SSSR count). The van der Waals surface area contributed by atoms with Crippen LogP contribution in [-0.2, 0) is 0 Å². The lowest BCUT2D eigenvalue weighted by Gasteiger charge is -2.23. The van der Waals surface area contributed by atoms with Gasteiger partial charge in [0, 0.05) is 12.1 Å². The highest BCUT2D eigenvalue weighted by molar-refractivity contribution is 5.80. The van der Waals surface area contributed by atoms with Crippen LogP contribution >= 0.6 is 0 Å². The highest BCUT2D eigenvalue weighted by atomic mass is 16.3. The number of nitrogens with zero attached hydrogens (tertiary/aromatic N) is 3. The highest BCUT2D eigenvalue weighted by Crippen LogP contribution is 2.40. The first-order valence-electron chi connectivity index (χ1n) is 7.94. The predicted octanol–water partition coefficient (Wildman–Crippen LogP) is 2.81. The fourth-order valence-corrected chi connectivity index (χ4v) is 3.01. The van der Waals surface area contributed by atoms with Crippen molar-refractivity contribution >= 4 is 17.2 Å². The lowest BCUT2D eigenvalue weighted by molar-refractivity contribution is 0.467. The van der Waals surface area contributed by atoms with Crippen molar-refractivity contribution in [2.24, 2.45) is 0 Å². The Kier molecular flexibility index (Phi) is 3.98. The van der Waals surface area contributed by atoms with Crippen molar-refractivity contribution in [2.45, 2.75) is 33.6 Å². The molecule has 0 saturated heterocycles. The molecular weight excluding hydrogens is 292 g/mol. The normalized spacial score (nSPS) is 13.5. The number of hydrogen-bond acceptors (Lipinski definition) is 5. The van der Waals surface area contributed by atoms with E-state index in [2.05, 4.69) is 21.8 Å². The van der Waals surface area contributed by atoms with E-state index in [0.717, 1.165) is 36.2 Å². The maximum Gasteiger partial charge on any atom is 0.276 e. The summed E-state index contributed by atoms with van der Waals surface area (Å²) < 4.78 is 0. The number of anilines is 3. The van der Waals surface area contributed by atoms with E-state index in [-0.39, 0.29) is 5.56 Å². The van der Waals surface area contributed by atoms with Crippen molar-refractivity contribution in [3.8, 4) is 5.75 Å². The molecule has 0 saturated carbocycles. The number of aryl methyl sites for hydroxylation is 1. The van der Waals surface area contributed by atoms with Gasteiger partial charge in [-0.15, -0.1) is 0 Å². The number of benzene rings is 1. The van der Waals surface area contributed by atoms with Crippen LogP contribution in [0.3, 0.4) is 0 Å². The number of aromatic nitrogens is 2. The molecule has 6 heteroatoms. The maximum atomic E-state index is 12.3. The van der Waals surface area contributed by atoms with Crippen LogP contribution in [-0.4, -0.2) is 28.3 Å². The monoisotopic (exact) mass is 314 g/mol. The summed E-state index contributed by atoms with van der Waals surface area (Å²) in [6.45, 7) is 7.27. The summed E-state index contributed by atoms with van der Waals surface area (Å²) in [4.78, 5) is 23.3. The molecule has 1 aromatic heterocycles. The number of unbranched alkanes of at least 4 members (excludes halogenated alkanes) is 1. The summed E-state index contributed by atoms with van der Waals surface area (Å²) in [5.74, 6) is 0.942. The first-order valence-corrected chi connectivity index (χ1v) is 7.94. The van der Waals surface area contributed by atoms with Crippen molar-refractivity contribution in [3.63, 3.8) is 0 Å². The van der Waals surface area contributed by atoms with Crippen LogP contribution < -0.4 is 15.4 Å². The molecule has 0 radical (unpaired) electrons. The van der Waals surface area contributed by atoms with Gasteiger partial charge in [-0.2, -0.15) is 0 Å². The first-order chi connectivity index (χ1) is 11.0. The van der Waals surface area contributed by atoms with Crippen LogP contribution in [0.5, 0.6) is 5.75 Å². The zero-order chi connectivity index (χ0) is 16.6. The summed E-state index contributed by atoms with van der Waals surface area (Å²) >= 11 is 0. The molecule has 2 heterocycles. The van der Waals surface area contributed by atoms with Gasteiger partial charge in [0.05, 0.1) is 18.7 Å². The van der Waals surface area contributed by atoms with Gasteiger partial charge in [0.1, 0.15) is 11.4 Å². The van der Waals surface area contributed by atoms with Crippen LogP contribution in [0.4, 0.5) is 17.2 Å². The Morgan fingerprint density at radius 2 is 2.13 bits per heavy atom.